The van der Waals surface area contributed by atoms with Crippen LogP contribution in [0.4, 0.5) is 5.69 Å². The Kier molecular flexibility index (Phi) is 7.63. The summed E-state index contributed by atoms with van der Waals surface area (Å²) in [4.78, 5) is 14.6. The van der Waals surface area contributed by atoms with Crippen molar-refractivity contribution in [3.8, 4) is 0 Å². The van der Waals surface area contributed by atoms with E-state index in [2.05, 4.69) is 11.6 Å². The van der Waals surface area contributed by atoms with E-state index < -0.39 is 10.0 Å². The lowest BCUT2D eigenvalue weighted by Gasteiger charge is -2.32. The Hall–Kier alpha value is -1.80. The molecule has 0 saturated carbocycles. The number of nitrogens with zero attached hydrogens (tertiary/aromatic N) is 1. The number of piperidine rings is 1. The van der Waals surface area contributed by atoms with Crippen LogP contribution in [0.3, 0.4) is 0 Å². The number of ether oxygens (including phenoxy) is 1. The predicted molar refractivity (Wildman–Crippen MR) is 119 cm³/mol. The molecule has 1 heterocycles. The van der Waals surface area contributed by atoms with Crippen LogP contribution in [0.1, 0.15) is 36.5 Å². The van der Waals surface area contributed by atoms with Crippen LogP contribution in [-0.4, -0.2) is 45.0 Å². The first-order chi connectivity index (χ1) is 14.3. The van der Waals surface area contributed by atoms with Gasteiger partial charge in [-0.3, -0.25) is 9.52 Å². The Morgan fingerprint density at radius 2 is 2.03 bits per heavy atom. The molecule has 6 nitrogen and oxygen atoms in total. The van der Waals surface area contributed by atoms with E-state index in [-0.39, 0.29) is 32.6 Å². The number of rotatable bonds is 7. The van der Waals surface area contributed by atoms with Crippen molar-refractivity contribution in [3.63, 3.8) is 0 Å². The monoisotopic (exact) mass is 470 g/mol. The van der Waals surface area contributed by atoms with Crippen molar-refractivity contribution < 1.29 is 17.9 Å². The smallest absolute Gasteiger partial charge is 0.263 e. The van der Waals surface area contributed by atoms with Gasteiger partial charge in [-0.1, -0.05) is 36.2 Å². The summed E-state index contributed by atoms with van der Waals surface area (Å²) < 4.78 is 33.7. The number of likely N-dealkylation sites (tertiary alicyclic amines) is 1. The first-order valence-corrected chi connectivity index (χ1v) is 12.0. The molecule has 1 amide bonds. The molecule has 1 unspecified atom stereocenters. The first-order valence-electron chi connectivity index (χ1n) is 9.79. The van der Waals surface area contributed by atoms with Gasteiger partial charge in [0.1, 0.15) is 4.90 Å². The SMILES string of the molecule is CCCOC1CCCN(C(=O)c2cccc(NS(=O)(=O)c3cc(Cl)ccc3Cl)c2)C1. The van der Waals surface area contributed by atoms with E-state index in [0.717, 1.165) is 19.3 Å². The first kappa shape index (κ1) is 22.9. The second kappa shape index (κ2) is 10.0. The number of hydrogen-bond donors (Lipinski definition) is 1. The zero-order valence-corrected chi connectivity index (χ0v) is 18.9. The molecule has 2 aromatic rings. The highest BCUT2D eigenvalue weighted by molar-refractivity contribution is 7.92. The molecule has 0 bridgehead atoms. The maximum Gasteiger partial charge on any atom is 0.263 e. The van der Waals surface area contributed by atoms with Gasteiger partial charge in [0.05, 0.1) is 11.1 Å². The van der Waals surface area contributed by atoms with Gasteiger partial charge in [0, 0.05) is 36.0 Å². The third-order valence-electron chi connectivity index (χ3n) is 4.77. The number of anilines is 1. The van der Waals surface area contributed by atoms with Crippen molar-refractivity contribution in [1.29, 1.82) is 0 Å². The molecule has 3 rings (SSSR count). The zero-order chi connectivity index (χ0) is 21.7. The summed E-state index contributed by atoms with van der Waals surface area (Å²) in [5.74, 6) is -0.151. The largest absolute Gasteiger partial charge is 0.376 e. The Balaban J connectivity index is 1.76. The molecule has 2 aromatic carbocycles. The summed E-state index contributed by atoms with van der Waals surface area (Å²) in [6, 6.07) is 10.6. The van der Waals surface area contributed by atoms with E-state index in [4.69, 9.17) is 27.9 Å². The van der Waals surface area contributed by atoms with Gasteiger partial charge in [0.2, 0.25) is 0 Å². The number of carbonyl (C=O) groups excluding carboxylic acids is 1. The second-order valence-electron chi connectivity index (χ2n) is 7.15. The van der Waals surface area contributed by atoms with Crippen molar-refractivity contribution in [3.05, 3.63) is 58.1 Å². The second-order valence-corrected chi connectivity index (χ2v) is 9.64. The summed E-state index contributed by atoms with van der Waals surface area (Å²) in [5, 5.41) is 0.319. The Labute approximate surface area is 187 Å². The van der Waals surface area contributed by atoms with Crippen molar-refractivity contribution >= 4 is 44.8 Å². The van der Waals surface area contributed by atoms with Crippen LogP contribution < -0.4 is 4.72 Å². The molecular weight excluding hydrogens is 447 g/mol. The summed E-state index contributed by atoms with van der Waals surface area (Å²) in [5.41, 5.74) is 0.677. The Morgan fingerprint density at radius 1 is 1.23 bits per heavy atom. The summed E-state index contributed by atoms with van der Waals surface area (Å²) in [6.07, 6.45) is 2.78. The fourth-order valence-electron chi connectivity index (χ4n) is 3.33. The van der Waals surface area contributed by atoms with E-state index in [0.29, 0.717) is 25.3 Å². The lowest BCUT2D eigenvalue weighted by molar-refractivity contribution is 0.00211. The van der Waals surface area contributed by atoms with Crippen molar-refractivity contribution in [2.45, 2.75) is 37.2 Å². The third kappa shape index (κ3) is 5.66. The lowest BCUT2D eigenvalue weighted by atomic mass is 10.1. The third-order valence-corrected chi connectivity index (χ3v) is 6.87. The van der Waals surface area contributed by atoms with Crippen LogP contribution in [0, 0.1) is 0 Å². The molecule has 0 radical (unpaired) electrons. The molecule has 1 fully saturated rings. The molecule has 9 heteroatoms. The molecule has 1 atom stereocenters. The average molecular weight is 471 g/mol. The van der Waals surface area contributed by atoms with Crippen molar-refractivity contribution in [2.24, 2.45) is 0 Å². The molecule has 162 valence electrons. The standard InChI is InChI=1S/C21H24Cl2N2O4S/c1-2-11-29-18-7-4-10-25(14-18)21(26)15-5-3-6-17(12-15)24-30(27,28)20-13-16(22)8-9-19(20)23/h3,5-6,8-9,12-13,18,24H,2,4,7,10-11,14H2,1H3. The number of benzene rings is 2. The summed E-state index contributed by atoms with van der Waals surface area (Å²) in [7, 11) is -3.96. The lowest BCUT2D eigenvalue weighted by Crippen LogP contribution is -2.43. The topological polar surface area (TPSA) is 75.7 Å². The number of nitrogens with one attached hydrogen (secondary N) is 1. The van der Waals surface area contributed by atoms with Crippen LogP contribution in [0.15, 0.2) is 47.4 Å². The minimum Gasteiger partial charge on any atom is -0.376 e. The number of halogens is 2. The predicted octanol–water partition coefficient (Wildman–Crippen LogP) is 4.83. The van der Waals surface area contributed by atoms with E-state index >= 15 is 0 Å². The van der Waals surface area contributed by atoms with Gasteiger partial charge < -0.3 is 9.64 Å². The quantitative estimate of drug-likeness (QED) is 0.628. The van der Waals surface area contributed by atoms with Gasteiger partial charge in [-0.05, 0) is 55.7 Å². The fourth-order valence-corrected chi connectivity index (χ4v) is 5.15. The molecule has 1 saturated heterocycles. The van der Waals surface area contributed by atoms with E-state index in [1.807, 2.05) is 0 Å². The van der Waals surface area contributed by atoms with Gasteiger partial charge in [-0.25, -0.2) is 8.42 Å². The Bertz CT molecular complexity index is 1010. The highest BCUT2D eigenvalue weighted by Gasteiger charge is 2.25. The van der Waals surface area contributed by atoms with Gasteiger partial charge in [0.15, 0.2) is 0 Å². The molecule has 1 aliphatic heterocycles. The van der Waals surface area contributed by atoms with Crippen molar-refractivity contribution in [2.75, 3.05) is 24.4 Å². The number of hydrogen-bond acceptors (Lipinski definition) is 4. The minimum absolute atomic E-state index is 0.0364. The zero-order valence-electron chi connectivity index (χ0n) is 16.6. The van der Waals surface area contributed by atoms with E-state index in [1.54, 1.807) is 23.1 Å². The van der Waals surface area contributed by atoms with Gasteiger partial charge in [-0.2, -0.15) is 0 Å². The van der Waals surface area contributed by atoms with Crippen LogP contribution >= 0.6 is 23.2 Å². The molecule has 0 aliphatic carbocycles. The highest BCUT2D eigenvalue weighted by Crippen LogP contribution is 2.27. The van der Waals surface area contributed by atoms with Crippen LogP contribution in [0.5, 0.6) is 0 Å². The average Bonchev–Trinajstić information content (AvgIpc) is 2.73. The van der Waals surface area contributed by atoms with E-state index in [1.165, 1.54) is 24.3 Å². The maximum absolute atomic E-state index is 13.0. The maximum atomic E-state index is 13.0. The molecule has 30 heavy (non-hydrogen) atoms. The summed E-state index contributed by atoms with van der Waals surface area (Å²) >= 11 is 11.9. The Morgan fingerprint density at radius 3 is 2.80 bits per heavy atom. The molecular formula is C21H24Cl2N2O4S. The fraction of sp³-hybridized carbons (Fsp3) is 0.381. The van der Waals surface area contributed by atoms with Crippen LogP contribution in [-0.2, 0) is 14.8 Å². The number of amides is 1. The van der Waals surface area contributed by atoms with E-state index in [9.17, 15) is 13.2 Å². The molecule has 0 spiro atoms. The molecule has 1 N–H and O–H groups in total. The van der Waals surface area contributed by atoms with Gasteiger partial charge in [0.25, 0.3) is 15.9 Å². The normalized spacial score (nSPS) is 17.0. The number of sulfonamides is 1. The highest BCUT2D eigenvalue weighted by atomic mass is 35.5. The van der Waals surface area contributed by atoms with Gasteiger partial charge in [-0.15, -0.1) is 0 Å². The van der Waals surface area contributed by atoms with Crippen molar-refractivity contribution in [1.82, 2.24) is 4.90 Å². The molecule has 0 aromatic heterocycles. The van der Waals surface area contributed by atoms with Crippen LogP contribution in [0.2, 0.25) is 10.0 Å². The van der Waals surface area contributed by atoms with Gasteiger partial charge >= 0.3 is 0 Å². The number of carbonyl (C=O) groups is 1. The van der Waals surface area contributed by atoms with Crippen LogP contribution in [0.25, 0.3) is 0 Å². The minimum atomic E-state index is -3.96. The molecule has 1 aliphatic rings. The summed E-state index contributed by atoms with van der Waals surface area (Å²) in [6.45, 7) is 3.91.